The molecule has 0 saturated carbocycles. The van der Waals surface area contributed by atoms with E-state index in [4.69, 9.17) is 23.2 Å². The summed E-state index contributed by atoms with van der Waals surface area (Å²) >= 11 is 14.0. The van der Waals surface area contributed by atoms with Crippen LogP contribution in [-0.4, -0.2) is 18.2 Å². The van der Waals surface area contributed by atoms with Gasteiger partial charge in [-0.3, -0.25) is 4.79 Å². The molecule has 0 heterocycles. The number of benzene rings is 2. The van der Waals surface area contributed by atoms with Crippen molar-refractivity contribution in [3.05, 3.63) is 69.2 Å². The molecule has 1 amide bonds. The third-order valence-electron chi connectivity index (χ3n) is 3.58. The molecular weight excluding hydrogens is 361 g/mol. The second kappa shape index (κ2) is 9.97. The van der Waals surface area contributed by atoms with Crippen LogP contribution >= 0.6 is 35.0 Å². The number of halogens is 2. The van der Waals surface area contributed by atoms with Gasteiger partial charge in [0.2, 0.25) is 5.91 Å². The maximum atomic E-state index is 11.9. The lowest BCUT2D eigenvalue weighted by Crippen LogP contribution is -2.26. The van der Waals surface area contributed by atoms with Crippen LogP contribution in [0.5, 0.6) is 0 Å². The van der Waals surface area contributed by atoms with E-state index in [1.54, 1.807) is 18.2 Å². The quantitative estimate of drug-likeness (QED) is 0.629. The fourth-order valence-electron chi connectivity index (χ4n) is 2.35. The minimum absolute atomic E-state index is 0.0298. The molecular formula is C19H21Cl2NOS. The Morgan fingerprint density at radius 2 is 1.83 bits per heavy atom. The van der Waals surface area contributed by atoms with E-state index in [9.17, 15) is 4.79 Å². The van der Waals surface area contributed by atoms with Crippen molar-refractivity contribution in [1.29, 1.82) is 0 Å². The zero-order valence-corrected chi connectivity index (χ0v) is 16.0. The molecule has 2 nitrogen and oxygen atoms in total. The van der Waals surface area contributed by atoms with Crippen LogP contribution in [0, 0.1) is 6.92 Å². The molecule has 24 heavy (non-hydrogen) atoms. The molecule has 0 fully saturated rings. The number of hydrogen-bond donors (Lipinski definition) is 1. The van der Waals surface area contributed by atoms with Gasteiger partial charge in [-0.1, -0.05) is 59.1 Å². The molecule has 2 rings (SSSR count). The Hall–Kier alpha value is -1.16. The van der Waals surface area contributed by atoms with Gasteiger partial charge in [-0.25, -0.2) is 0 Å². The SMILES string of the molecule is Cc1cccc(CSCCNC(=O)CCc2c(Cl)cccc2Cl)c1. The maximum Gasteiger partial charge on any atom is 0.220 e. The van der Waals surface area contributed by atoms with E-state index in [0.29, 0.717) is 29.4 Å². The molecule has 1 N–H and O–H groups in total. The van der Waals surface area contributed by atoms with Crippen LogP contribution < -0.4 is 5.32 Å². The van der Waals surface area contributed by atoms with E-state index in [0.717, 1.165) is 17.1 Å². The van der Waals surface area contributed by atoms with Crippen LogP contribution in [0.15, 0.2) is 42.5 Å². The minimum atomic E-state index is 0.0298. The van der Waals surface area contributed by atoms with E-state index in [1.807, 2.05) is 11.8 Å². The average molecular weight is 382 g/mol. The van der Waals surface area contributed by atoms with Crippen LogP contribution in [0.2, 0.25) is 10.0 Å². The fraction of sp³-hybridized carbons (Fsp3) is 0.316. The Labute approximate surface area is 157 Å². The lowest BCUT2D eigenvalue weighted by Gasteiger charge is -2.08. The summed E-state index contributed by atoms with van der Waals surface area (Å²) in [5.41, 5.74) is 3.43. The highest BCUT2D eigenvalue weighted by Gasteiger charge is 2.08. The topological polar surface area (TPSA) is 29.1 Å². The Balaban J connectivity index is 1.63. The number of thioether (sulfide) groups is 1. The van der Waals surface area contributed by atoms with Gasteiger partial charge in [0.05, 0.1) is 0 Å². The summed E-state index contributed by atoms with van der Waals surface area (Å²) in [7, 11) is 0. The molecule has 0 unspecified atom stereocenters. The molecule has 128 valence electrons. The molecule has 0 aliphatic heterocycles. The van der Waals surface area contributed by atoms with E-state index < -0.39 is 0 Å². The van der Waals surface area contributed by atoms with Crippen LogP contribution in [0.1, 0.15) is 23.1 Å². The van der Waals surface area contributed by atoms with Crippen LogP contribution in [0.3, 0.4) is 0 Å². The van der Waals surface area contributed by atoms with Crippen molar-refractivity contribution in [3.63, 3.8) is 0 Å². The van der Waals surface area contributed by atoms with Gasteiger partial charge in [0.25, 0.3) is 0 Å². The van der Waals surface area contributed by atoms with Crippen molar-refractivity contribution in [2.24, 2.45) is 0 Å². The summed E-state index contributed by atoms with van der Waals surface area (Å²) < 4.78 is 0. The Morgan fingerprint density at radius 1 is 1.12 bits per heavy atom. The van der Waals surface area contributed by atoms with E-state index in [1.165, 1.54) is 11.1 Å². The fourth-order valence-corrected chi connectivity index (χ4v) is 3.75. The molecule has 5 heteroatoms. The highest BCUT2D eigenvalue weighted by Crippen LogP contribution is 2.25. The highest BCUT2D eigenvalue weighted by molar-refractivity contribution is 7.98. The van der Waals surface area contributed by atoms with Crippen molar-refractivity contribution in [2.75, 3.05) is 12.3 Å². The molecule has 0 aliphatic carbocycles. The lowest BCUT2D eigenvalue weighted by atomic mass is 10.1. The number of nitrogens with one attached hydrogen (secondary N) is 1. The number of amides is 1. The number of aryl methyl sites for hydroxylation is 1. The first-order valence-electron chi connectivity index (χ1n) is 7.89. The molecule has 0 aromatic heterocycles. The van der Waals surface area contributed by atoms with Crippen molar-refractivity contribution in [1.82, 2.24) is 5.32 Å². The van der Waals surface area contributed by atoms with Gasteiger partial charge in [-0.2, -0.15) is 11.8 Å². The average Bonchev–Trinajstić information content (AvgIpc) is 2.54. The lowest BCUT2D eigenvalue weighted by molar-refractivity contribution is -0.120. The molecule has 0 atom stereocenters. The smallest absolute Gasteiger partial charge is 0.220 e. The van der Waals surface area contributed by atoms with Gasteiger partial charge in [0, 0.05) is 34.5 Å². The van der Waals surface area contributed by atoms with Crippen molar-refractivity contribution in [2.45, 2.75) is 25.5 Å². The zero-order valence-electron chi connectivity index (χ0n) is 13.6. The van der Waals surface area contributed by atoms with E-state index >= 15 is 0 Å². The first-order valence-corrected chi connectivity index (χ1v) is 9.80. The van der Waals surface area contributed by atoms with Crippen molar-refractivity contribution in [3.8, 4) is 0 Å². The third kappa shape index (κ3) is 6.39. The van der Waals surface area contributed by atoms with Crippen molar-refractivity contribution >= 4 is 40.9 Å². The van der Waals surface area contributed by atoms with Crippen LogP contribution in [0.4, 0.5) is 0 Å². The molecule has 0 aliphatic rings. The highest BCUT2D eigenvalue weighted by atomic mass is 35.5. The second-order valence-corrected chi connectivity index (χ2v) is 7.51. The number of carbonyl (C=O) groups is 1. The van der Waals surface area contributed by atoms with Crippen LogP contribution in [0.25, 0.3) is 0 Å². The Kier molecular flexibility index (Phi) is 7.97. The summed E-state index contributed by atoms with van der Waals surface area (Å²) in [4.78, 5) is 11.9. The normalized spacial score (nSPS) is 10.6. The molecule has 2 aromatic carbocycles. The third-order valence-corrected chi connectivity index (χ3v) is 5.32. The Bertz CT molecular complexity index is 671. The molecule has 0 radical (unpaired) electrons. The van der Waals surface area contributed by atoms with Crippen molar-refractivity contribution < 1.29 is 4.79 Å². The maximum absolute atomic E-state index is 11.9. The molecule has 2 aromatic rings. The monoisotopic (exact) mass is 381 g/mol. The summed E-state index contributed by atoms with van der Waals surface area (Å²) in [5.74, 6) is 1.89. The predicted octanol–water partition coefficient (Wildman–Crippen LogP) is 5.28. The predicted molar refractivity (Wildman–Crippen MR) is 105 cm³/mol. The molecule has 0 bridgehead atoms. The minimum Gasteiger partial charge on any atom is -0.355 e. The molecule has 0 spiro atoms. The summed E-state index contributed by atoms with van der Waals surface area (Å²) in [6.45, 7) is 2.77. The summed E-state index contributed by atoms with van der Waals surface area (Å²) in [6, 6.07) is 13.9. The number of hydrogen-bond acceptors (Lipinski definition) is 2. The summed E-state index contributed by atoms with van der Waals surface area (Å²) in [6.07, 6.45) is 0.951. The number of rotatable bonds is 8. The summed E-state index contributed by atoms with van der Waals surface area (Å²) in [5, 5.41) is 4.17. The van der Waals surface area contributed by atoms with E-state index in [2.05, 4.69) is 36.5 Å². The molecule has 0 saturated heterocycles. The van der Waals surface area contributed by atoms with Gasteiger partial charge < -0.3 is 5.32 Å². The van der Waals surface area contributed by atoms with Gasteiger partial charge in [0.1, 0.15) is 0 Å². The number of carbonyl (C=O) groups excluding carboxylic acids is 1. The first kappa shape index (κ1) is 19.2. The first-order chi connectivity index (χ1) is 11.6. The van der Waals surface area contributed by atoms with E-state index in [-0.39, 0.29) is 5.91 Å². The van der Waals surface area contributed by atoms with Gasteiger partial charge in [0.15, 0.2) is 0 Å². The standard InChI is InChI=1S/C19H21Cl2NOS/c1-14-4-2-5-15(12-14)13-24-11-10-22-19(23)9-8-16-17(20)6-3-7-18(16)21/h2-7,12H,8-11,13H2,1H3,(H,22,23). The van der Waals surface area contributed by atoms with Gasteiger partial charge in [-0.05, 0) is 36.6 Å². The van der Waals surface area contributed by atoms with Gasteiger partial charge >= 0.3 is 0 Å². The van der Waals surface area contributed by atoms with Gasteiger partial charge in [-0.15, -0.1) is 0 Å². The largest absolute Gasteiger partial charge is 0.355 e. The van der Waals surface area contributed by atoms with Crippen LogP contribution in [-0.2, 0) is 17.0 Å². The second-order valence-electron chi connectivity index (χ2n) is 5.59. The Morgan fingerprint density at radius 3 is 2.54 bits per heavy atom. The zero-order chi connectivity index (χ0) is 17.4.